The molecule has 0 radical (unpaired) electrons. The predicted molar refractivity (Wildman–Crippen MR) is 85.0 cm³/mol. The van der Waals surface area contributed by atoms with E-state index in [0.717, 1.165) is 44.8 Å². The van der Waals surface area contributed by atoms with Crippen LogP contribution in [0.1, 0.15) is 30.2 Å². The zero-order valence-electron chi connectivity index (χ0n) is 13.0. The first kappa shape index (κ1) is 15.7. The molecule has 0 aliphatic heterocycles. The minimum absolute atomic E-state index is 0.846. The lowest BCUT2D eigenvalue weighted by molar-refractivity contribution is 0.298. The summed E-state index contributed by atoms with van der Waals surface area (Å²) < 4.78 is 5.63. The van der Waals surface area contributed by atoms with E-state index in [0.29, 0.717) is 0 Å². The monoisotopic (exact) mass is 287 g/mol. The molecule has 0 saturated carbocycles. The first-order chi connectivity index (χ1) is 10.3. The van der Waals surface area contributed by atoms with Crippen molar-refractivity contribution in [3.05, 3.63) is 53.7 Å². The molecule has 0 bridgehead atoms. The number of nitrogens with one attached hydrogen (secondary N) is 1. The molecular weight excluding hydrogens is 262 g/mol. The topological polar surface area (TPSA) is 41.3 Å². The van der Waals surface area contributed by atoms with Crippen molar-refractivity contribution in [3.63, 3.8) is 0 Å². The highest BCUT2D eigenvalue weighted by Crippen LogP contribution is 2.10. The molecule has 0 saturated heterocycles. The van der Waals surface area contributed by atoms with Crippen LogP contribution in [0.25, 0.3) is 0 Å². The quantitative estimate of drug-likeness (QED) is 0.720. The van der Waals surface area contributed by atoms with Gasteiger partial charge < -0.3 is 9.73 Å². The zero-order chi connectivity index (χ0) is 14.9. The van der Waals surface area contributed by atoms with Gasteiger partial charge in [0.1, 0.15) is 5.76 Å². The fourth-order valence-electron chi connectivity index (χ4n) is 2.23. The Bertz CT molecular complexity index is 510. The molecule has 114 valence electrons. The Kier molecular flexibility index (Phi) is 6.44. The Balaban J connectivity index is 1.73. The van der Waals surface area contributed by atoms with Crippen molar-refractivity contribution in [2.24, 2.45) is 0 Å². The average molecular weight is 287 g/mol. The van der Waals surface area contributed by atoms with Crippen LogP contribution >= 0.6 is 0 Å². The molecule has 2 rings (SSSR count). The van der Waals surface area contributed by atoms with E-state index in [9.17, 15) is 0 Å². The molecule has 1 N–H and O–H groups in total. The molecule has 0 fully saturated rings. The molecule has 0 aliphatic carbocycles. The minimum Gasteiger partial charge on any atom is -0.468 e. The Morgan fingerprint density at radius 3 is 2.81 bits per heavy atom. The van der Waals surface area contributed by atoms with Crippen LogP contribution in [0.4, 0.5) is 0 Å². The molecular formula is C17H25N3O. The van der Waals surface area contributed by atoms with Gasteiger partial charge in [0.25, 0.3) is 0 Å². The van der Waals surface area contributed by atoms with Crippen LogP contribution in [0.15, 0.2) is 41.3 Å². The summed E-state index contributed by atoms with van der Waals surface area (Å²) in [5.41, 5.74) is 2.54. The van der Waals surface area contributed by atoms with Gasteiger partial charge in [-0.1, -0.05) is 6.92 Å². The van der Waals surface area contributed by atoms with E-state index in [1.165, 1.54) is 11.1 Å². The molecule has 2 aromatic rings. The number of nitrogens with zero attached hydrogens (tertiary/aromatic N) is 2. The minimum atomic E-state index is 0.846. The largest absolute Gasteiger partial charge is 0.468 e. The Hall–Kier alpha value is -1.65. The second-order valence-corrected chi connectivity index (χ2v) is 5.44. The summed E-state index contributed by atoms with van der Waals surface area (Å²) >= 11 is 0. The van der Waals surface area contributed by atoms with E-state index in [1.54, 1.807) is 0 Å². The van der Waals surface area contributed by atoms with Crippen LogP contribution in [0.3, 0.4) is 0 Å². The van der Waals surface area contributed by atoms with Crippen molar-refractivity contribution in [1.29, 1.82) is 0 Å². The lowest BCUT2D eigenvalue weighted by Crippen LogP contribution is -2.20. The Morgan fingerprint density at radius 1 is 1.24 bits per heavy atom. The predicted octanol–water partition coefficient (Wildman–Crippen LogP) is 2.85. The first-order valence-corrected chi connectivity index (χ1v) is 7.62. The molecule has 0 amide bonds. The molecule has 0 spiro atoms. The molecule has 0 aromatic carbocycles. The normalized spacial score (nSPS) is 11.2. The van der Waals surface area contributed by atoms with Gasteiger partial charge in [-0.05, 0) is 50.2 Å². The SMILES string of the molecule is CCCNCc1coc(CN(C)CCc2ccncc2)c1. The van der Waals surface area contributed by atoms with Crippen LogP contribution in [-0.2, 0) is 19.5 Å². The second-order valence-electron chi connectivity index (χ2n) is 5.44. The molecule has 4 heteroatoms. The van der Waals surface area contributed by atoms with Gasteiger partial charge in [0.2, 0.25) is 0 Å². The number of aromatic nitrogens is 1. The fourth-order valence-corrected chi connectivity index (χ4v) is 2.23. The highest BCUT2D eigenvalue weighted by molar-refractivity contribution is 5.13. The van der Waals surface area contributed by atoms with Gasteiger partial charge in [-0.3, -0.25) is 9.88 Å². The van der Waals surface area contributed by atoms with E-state index in [-0.39, 0.29) is 0 Å². The molecule has 0 aliphatic rings. The van der Waals surface area contributed by atoms with Gasteiger partial charge in [0, 0.05) is 31.0 Å². The Morgan fingerprint density at radius 2 is 2.05 bits per heavy atom. The molecule has 2 heterocycles. The smallest absolute Gasteiger partial charge is 0.118 e. The standard InChI is InChI=1S/C17H25N3O/c1-3-7-19-12-16-11-17(21-14-16)13-20(2)10-6-15-4-8-18-9-5-15/h4-5,8-9,11,14,19H,3,6-7,10,12-13H2,1-2H3. The summed E-state index contributed by atoms with van der Waals surface area (Å²) in [6, 6.07) is 6.28. The van der Waals surface area contributed by atoms with Crippen molar-refractivity contribution in [1.82, 2.24) is 15.2 Å². The summed E-state index contributed by atoms with van der Waals surface area (Å²) in [5, 5.41) is 3.39. The van der Waals surface area contributed by atoms with Crippen molar-refractivity contribution in [2.45, 2.75) is 32.9 Å². The number of hydrogen-bond acceptors (Lipinski definition) is 4. The molecule has 4 nitrogen and oxygen atoms in total. The van der Waals surface area contributed by atoms with Crippen LogP contribution in [0, 0.1) is 0 Å². The van der Waals surface area contributed by atoms with Gasteiger partial charge in [0.15, 0.2) is 0 Å². The van der Waals surface area contributed by atoms with E-state index in [2.05, 4.69) is 47.4 Å². The Labute approximate surface area is 127 Å². The number of furan rings is 1. The maximum absolute atomic E-state index is 5.63. The highest BCUT2D eigenvalue weighted by Gasteiger charge is 2.06. The van der Waals surface area contributed by atoms with Crippen LogP contribution in [0.5, 0.6) is 0 Å². The second kappa shape index (κ2) is 8.60. The third-order valence-corrected chi connectivity index (χ3v) is 3.42. The van der Waals surface area contributed by atoms with E-state index < -0.39 is 0 Å². The van der Waals surface area contributed by atoms with Crippen molar-refractivity contribution in [2.75, 3.05) is 20.1 Å². The summed E-state index contributed by atoms with van der Waals surface area (Å²) in [6.07, 6.45) is 7.73. The molecule has 0 atom stereocenters. The average Bonchev–Trinajstić information content (AvgIpc) is 2.94. The van der Waals surface area contributed by atoms with Gasteiger partial charge in [-0.15, -0.1) is 0 Å². The molecule has 21 heavy (non-hydrogen) atoms. The van der Waals surface area contributed by atoms with Gasteiger partial charge in [-0.2, -0.15) is 0 Å². The van der Waals surface area contributed by atoms with Crippen LogP contribution < -0.4 is 5.32 Å². The van der Waals surface area contributed by atoms with Crippen molar-refractivity contribution < 1.29 is 4.42 Å². The van der Waals surface area contributed by atoms with E-state index in [4.69, 9.17) is 4.42 Å². The third-order valence-electron chi connectivity index (χ3n) is 3.42. The summed E-state index contributed by atoms with van der Waals surface area (Å²) in [5.74, 6) is 1.03. The fraction of sp³-hybridized carbons (Fsp3) is 0.471. The van der Waals surface area contributed by atoms with Gasteiger partial charge in [-0.25, -0.2) is 0 Å². The maximum Gasteiger partial charge on any atom is 0.118 e. The number of hydrogen-bond donors (Lipinski definition) is 1. The van der Waals surface area contributed by atoms with Crippen LogP contribution in [0.2, 0.25) is 0 Å². The van der Waals surface area contributed by atoms with Gasteiger partial charge in [0.05, 0.1) is 12.8 Å². The number of rotatable bonds is 9. The number of likely N-dealkylation sites (N-methyl/N-ethyl adjacent to an activating group) is 1. The zero-order valence-corrected chi connectivity index (χ0v) is 13.0. The lowest BCUT2D eigenvalue weighted by Gasteiger charge is -2.14. The summed E-state index contributed by atoms with van der Waals surface area (Å²) in [4.78, 5) is 6.32. The molecule has 0 unspecified atom stereocenters. The maximum atomic E-state index is 5.63. The van der Waals surface area contributed by atoms with E-state index >= 15 is 0 Å². The summed E-state index contributed by atoms with van der Waals surface area (Å²) in [6.45, 7) is 5.96. The van der Waals surface area contributed by atoms with Crippen molar-refractivity contribution in [3.8, 4) is 0 Å². The molecule has 2 aromatic heterocycles. The van der Waals surface area contributed by atoms with Gasteiger partial charge >= 0.3 is 0 Å². The first-order valence-electron chi connectivity index (χ1n) is 7.62. The number of pyridine rings is 1. The third kappa shape index (κ3) is 5.69. The van der Waals surface area contributed by atoms with Crippen LogP contribution in [-0.4, -0.2) is 30.0 Å². The lowest BCUT2D eigenvalue weighted by atomic mass is 10.2. The summed E-state index contributed by atoms with van der Waals surface area (Å²) in [7, 11) is 2.12. The highest BCUT2D eigenvalue weighted by atomic mass is 16.3. The van der Waals surface area contributed by atoms with E-state index in [1.807, 2.05) is 18.7 Å². The van der Waals surface area contributed by atoms with Crippen molar-refractivity contribution >= 4 is 0 Å².